The summed E-state index contributed by atoms with van der Waals surface area (Å²) in [5.74, 6) is 0.668. The first-order chi connectivity index (χ1) is 12.2. The van der Waals surface area contributed by atoms with E-state index in [4.69, 9.17) is 10.5 Å². The maximum absolute atomic E-state index is 10.9. The Morgan fingerprint density at radius 2 is 1.36 bits per heavy atom. The van der Waals surface area contributed by atoms with Gasteiger partial charge >= 0.3 is 5.97 Å². The SMILES string of the molecule is CCCCCCCCCCCCCCCCSCC(NC=N)C(=O)O. The molecule has 0 radical (unpaired) electrons. The first kappa shape index (κ1) is 24.3. The maximum Gasteiger partial charge on any atom is 0.327 e. The predicted molar refractivity (Wildman–Crippen MR) is 111 cm³/mol. The molecule has 1 unspecified atom stereocenters. The molecular formula is C20H40N2O2S. The summed E-state index contributed by atoms with van der Waals surface area (Å²) in [6, 6.07) is -0.630. The van der Waals surface area contributed by atoms with E-state index in [1.165, 1.54) is 89.9 Å². The highest BCUT2D eigenvalue weighted by atomic mass is 32.2. The molecule has 3 N–H and O–H groups in total. The van der Waals surface area contributed by atoms with Gasteiger partial charge in [-0.15, -0.1) is 0 Å². The quantitative estimate of drug-likeness (QED) is 0.142. The second-order valence-electron chi connectivity index (χ2n) is 6.87. The van der Waals surface area contributed by atoms with Crippen molar-refractivity contribution in [1.82, 2.24) is 5.32 Å². The molecule has 4 nitrogen and oxygen atoms in total. The largest absolute Gasteiger partial charge is 0.480 e. The molecule has 0 heterocycles. The number of nitrogens with one attached hydrogen (secondary N) is 2. The molecule has 1 atom stereocenters. The second-order valence-corrected chi connectivity index (χ2v) is 8.02. The molecule has 0 aromatic heterocycles. The van der Waals surface area contributed by atoms with Gasteiger partial charge in [-0.2, -0.15) is 11.8 Å². The van der Waals surface area contributed by atoms with E-state index in [1.807, 2.05) is 0 Å². The zero-order valence-electron chi connectivity index (χ0n) is 16.2. The van der Waals surface area contributed by atoms with Gasteiger partial charge in [-0.05, 0) is 12.2 Å². The van der Waals surface area contributed by atoms with E-state index in [0.717, 1.165) is 12.1 Å². The maximum atomic E-state index is 10.9. The van der Waals surface area contributed by atoms with Gasteiger partial charge in [-0.25, -0.2) is 4.79 Å². The lowest BCUT2D eigenvalue weighted by Gasteiger charge is -2.11. The molecule has 0 spiro atoms. The minimum absolute atomic E-state index is 0.531. The Balaban J connectivity index is 3.18. The molecule has 0 aliphatic carbocycles. The van der Waals surface area contributed by atoms with Crippen LogP contribution in [0, 0.1) is 5.41 Å². The highest BCUT2D eigenvalue weighted by Gasteiger charge is 2.14. The summed E-state index contributed by atoms with van der Waals surface area (Å²) in [4.78, 5) is 10.9. The first-order valence-corrected chi connectivity index (χ1v) is 11.4. The second kappa shape index (κ2) is 19.6. The van der Waals surface area contributed by atoms with Crippen LogP contribution in [0.5, 0.6) is 0 Å². The zero-order chi connectivity index (χ0) is 18.6. The third kappa shape index (κ3) is 17.9. The number of hydrogen-bond donors (Lipinski definition) is 3. The van der Waals surface area contributed by atoms with Crippen LogP contribution in [0.4, 0.5) is 0 Å². The smallest absolute Gasteiger partial charge is 0.327 e. The van der Waals surface area contributed by atoms with Crippen molar-refractivity contribution in [3.63, 3.8) is 0 Å². The molecule has 0 rings (SSSR count). The van der Waals surface area contributed by atoms with Crippen molar-refractivity contribution < 1.29 is 9.90 Å². The summed E-state index contributed by atoms with van der Waals surface area (Å²) >= 11 is 1.67. The van der Waals surface area contributed by atoms with Crippen LogP contribution in [0.3, 0.4) is 0 Å². The van der Waals surface area contributed by atoms with Crippen LogP contribution in [0.2, 0.25) is 0 Å². The molecule has 0 aromatic carbocycles. The molecule has 0 saturated carbocycles. The van der Waals surface area contributed by atoms with E-state index >= 15 is 0 Å². The van der Waals surface area contributed by atoms with Crippen LogP contribution in [0.1, 0.15) is 96.8 Å². The number of rotatable bonds is 20. The third-order valence-corrected chi connectivity index (χ3v) is 5.66. The number of carboxylic acids is 1. The van der Waals surface area contributed by atoms with E-state index in [0.29, 0.717) is 5.75 Å². The number of unbranched alkanes of at least 4 members (excludes halogenated alkanes) is 13. The van der Waals surface area contributed by atoms with Gasteiger partial charge in [0.25, 0.3) is 0 Å². The number of aliphatic carboxylic acids is 1. The van der Waals surface area contributed by atoms with Crippen LogP contribution < -0.4 is 5.32 Å². The van der Waals surface area contributed by atoms with Crippen LogP contribution in [0.15, 0.2) is 0 Å². The Bertz CT molecular complexity index is 314. The number of hydrogen-bond acceptors (Lipinski definition) is 3. The fourth-order valence-corrected chi connectivity index (χ4v) is 3.94. The topological polar surface area (TPSA) is 73.2 Å². The summed E-state index contributed by atoms with van der Waals surface area (Å²) in [5.41, 5.74) is 0. The summed E-state index contributed by atoms with van der Waals surface area (Å²) in [5, 5.41) is 18.4. The summed E-state index contributed by atoms with van der Waals surface area (Å²) in [6.45, 7) is 2.27. The van der Waals surface area contributed by atoms with E-state index in [2.05, 4.69) is 12.2 Å². The van der Waals surface area contributed by atoms with Gasteiger partial charge in [0.05, 0.1) is 6.34 Å². The van der Waals surface area contributed by atoms with E-state index < -0.39 is 12.0 Å². The molecule has 0 aliphatic rings. The van der Waals surface area contributed by atoms with Gasteiger partial charge in [-0.1, -0.05) is 90.4 Å². The van der Waals surface area contributed by atoms with Gasteiger partial charge < -0.3 is 10.4 Å². The monoisotopic (exact) mass is 372 g/mol. The molecule has 0 aromatic rings. The van der Waals surface area contributed by atoms with Crippen molar-refractivity contribution in [2.75, 3.05) is 11.5 Å². The highest BCUT2D eigenvalue weighted by Crippen LogP contribution is 2.14. The lowest BCUT2D eigenvalue weighted by Crippen LogP contribution is -2.37. The average Bonchev–Trinajstić information content (AvgIpc) is 2.60. The molecule has 148 valence electrons. The number of carboxylic acid groups (broad SMARTS) is 1. The Morgan fingerprint density at radius 3 is 1.76 bits per heavy atom. The van der Waals surface area contributed by atoms with Crippen molar-refractivity contribution in [3.05, 3.63) is 0 Å². The molecule has 0 aliphatic heterocycles. The van der Waals surface area contributed by atoms with E-state index in [-0.39, 0.29) is 0 Å². The van der Waals surface area contributed by atoms with Crippen LogP contribution in [-0.2, 0) is 4.79 Å². The predicted octanol–water partition coefficient (Wildman–Crippen LogP) is 5.85. The minimum atomic E-state index is -0.878. The zero-order valence-corrected chi connectivity index (χ0v) is 17.0. The van der Waals surface area contributed by atoms with Crippen molar-refractivity contribution >= 4 is 24.1 Å². The van der Waals surface area contributed by atoms with Crippen LogP contribution in [0.25, 0.3) is 0 Å². The number of carbonyl (C=O) groups is 1. The van der Waals surface area contributed by atoms with Crippen molar-refractivity contribution in [1.29, 1.82) is 5.41 Å². The first-order valence-electron chi connectivity index (χ1n) is 10.3. The minimum Gasteiger partial charge on any atom is -0.480 e. The van der Waals surface area contributed by atoms with Gasteiger partial charge in [0.2, 0.25) is 0 Å². The number of thioether (sulfide) groups is 1. The standard InChI is InChI=1S/C20H40N2O2S/c1-2-3-4-5-6-7-8-9-10-11-12-13-14-15-16-25-17-19(20(23)24)22-18-21/h18-19H,2-17H2,1H3,(H2,21,22)(H,23,24). The molecule has 0 fully saturated rings. The Kier molecular flexibility index (Phi) is 19.1. The fourth-order valence-electron chi connectivity index (χ4n) is 2.89. The molecule has 0 amide bonds. The van der Waals surface area contributed by atoms with Crippen LogP contribution in [-0.4, -0.2) is 35.0 Å². The van der Waals surface area contributed by atoms with Crippen LogP contribution >= 0.6 is 11.8 Å². The molecular weight excluding hydrogens is 332 g/mol. The van der Waals surface area contributed by atoms with E-state index in [9.17, 15) is 4.79 Å². The van der Waals surface area contributed by atoms with Gasteiger partial charge in [0, 0.05) is 5.75 Å². The van der Waals surface area contributed by atoms with Crippen molar-refractivity contribution in [2.45, 2.75) is 103 Å². The van der Waals surface area contributed by atoms with Gasteiger partial charge in [0.1, 0.15) is 6.04 Å². The lowest BCUT2D eigenvalue weighted by molar-refractivity contribution is -0.138. The Hall–Kier alpha value is -0.710. The van der Waals surface area contributed by atoms with Gasteiger partial charge in [0.15, 0.2) is 0 Å². The fraction of sp³-hybridized carbons (Fsp3) is 0.900. The summed E-state index contributed by atoms with van der Waals surface area (Å²) in [6.07, 6.45) is 20.0. The summed E-state index contributed by atoms with van der Waals surface area (Å²) in [7, 11) is 0. The highest BCUT2D eigenvalue weighted by molar-refractivity contribution is 7.99. The Morgan fingerprint density at radius 1 is 0.920 bits per heavy atom. The van der Waals surface area contributed by atoms with Gasteiger partial charge in [-0.3, -0.25) is 5.41 Å². The molecule has 25 heavy (non-hydrogen) atoms. The normalized spacial score (nSPS) is 12.0. The average molecular weight is 373 g/mol. The Labute approximate surface area is 159 Å². The third-order valence-electron chi connectivity index (χ3n) is 4.51. The molecule has 5 heteroatoms. The van der Waals surface area contributed by atoms with Crippen molar-refractivity contribution in [2.24, 2.45) is 0 Å². The lowest BCUT2D eigenvalue weighted by atomic mass is 10.0. The van der Waals surface area contributed by atoms with E-state index in [1.54, 1.807) is 11.8 Å². The molecule has 0 saturated heterocycles. The molecule has 0 bridgehead atoms. The summed E-state index contributed by atoms with van der Waals surface area (Å²) < 4.78 is 0. The van der Waals surface area contributed by atoms with Crippen molar-refractivity contribution in [3.8, 4) is 0 Å².